The number of hydrogen-bond donors (Lipinski definition) is 1. The minimum Gasteiger partial charge on any atom is -0.497 e. The lowest BCUT2D eigenvalue weighted by Gasteiger charge is -2.35. The summed E-state index contributed by atoms with van der Waals surface area (Å²) >= 11 is 1.48. The van der Waals surface area contributed by atoms with Gasteiger partial charge in [-0.1, -0.05) is 51.7 Å². The molecule has 1 aliphatic rings. The van der Waals surface area contributed by atoms with Crippen molar-refractivity contribution >= 4 is 27.6 Å². The second-order valence-corrected chi connectivity index (χ2v) is 12.8. The average molecular weight is 549 g/mol. The molecule has 3 rings (SSSR count). The van der Waals surface area contributed by atoms with Gasteiger partial charge in [0.15, 0.2) is 9.84 Å². The predicted molar refractivity (Wildman–Crippen MR) is 149 cm³/mol. The van der Waals surface area contributed by atoms with Crippen molar-refractivity contribution in [3.8, 4) is 11.5 Å². The highest BCUT2D eigenvalue weighted by Crippen LogP contribution is 2.51. The van der Waals surface area contributed by atoms with Crippen LogP contribution in [0.5, 0.6) is 11.5 Å². The quantitative estimate of drug-likeness (QED) is 0.271. The van der Waals surface area contributed by atoms with Crippen LogP contribution in [0.3, 0.4) is 0 Å². The zero-order valence-corrected chi connectivity index (χ0v) is 24.1. The van der Waals surface area contributed by atoms with Gasteiger partial charge < -0.3 is 14.6 Å². The summed E-state index contributed by atoms with van der Waals surface area (Å²) < 4.78 is 39.3. The highest BCUT2D eigenvalue weighted by molar-refractivity contribution is 7.98. The molecule has 2 aromatic rings. The molecule has 204 valence electrons. The summed E-state index contributed by atoms with van der Waals surface area (Å²) in [6.45, 7) is 4.29. The number of thioether (sulfide) groups is 1. The lowest BCUT2D eigenvalue weighted by atomic mass is 9.70. The molecule has 0 spiro atoms. The smallest absolute Gasteiger partial charge is 0.306 e. The number of hydrogen-bond acceptors (Lipinski definition) is 6. The van der Waals surface area contributed by atoms with Gasteiger partial charge in [0.1, 0.15) is 11.5 Å². The number of fused-ring (bicyclic) bond motifs is 1. The van der Waals surface area contributed by atoms with Crippen molar-refractivity contribution in [2.45, 2.75) is 80.9 Å². The molecule has 1 N–H and O–H groups in total. The number of aliphatic carboxylic acids is 1. The van der Waals surface area contributed by atoms with Crippen molar-refractivity contribution in [1.82, 2.24) is 0 Å². The van der Waals surface area contributed by atoms with Crippen molar-refractivity contribution in [3.63, 3.8) is 0 Å². The van der Waals surface area contributed by atoms with Crippen LogP contribution in [0.15, 0.2) is 46.2 Å². The Morgan fingerprint density at radius 3 is 2.30 bits per heavy atom. The first kappa shape index (κ1) is 29.4. The fraction of sp³-hybridized carbons (Fsp3) is 0.552. The number of methoxy groups -OCH3 is 1. The van der Waals surface area contributed by atoms with Gasteiger partial charge in [-0.3, -0.25) is 4.79 Å². The first-order valence-corrected chi connectivity index (χ1v) is 16.0. The topological polar surface area (TPSA) is 89.9 Å². The summed E-state index contributed by atoms with van der Waals surface area (Å²) in [7, 11) is -1.98. The molecule has 6 nitrogen and oxygen atoms in total. The number of carboxylic acid groups (broad SMARTS) is 1. The van der Waals surface area contributed by atoms with Crippen LogP contribution in [0.2, 0.25) is 0 Å². The molecular formula is C29H40O6S2. The monoisotopic (exact) mass is 548 g/mol. The zero-order valence-electron chi connectivity index (χ0n) is 22.4. The maximum Gasteiger partial charge on any atom is 0.306 e. The van der Waals surface area contributed by atoms with Gasteiger partial charge in [0.05, 0.1) is 30.8 Å². The minimum absolute atomic E-state index is 0.0133. The van der Waals surface area contributed by atoms with Crippen LogP contribution in [0.4, 0.5) is 0 Å². The largest absolute Gasteiger partial charge is 0.497 e. The molecule has 1 aliphatic heterocycles. The van der Waals surface area contributed by atoms with Crippen LogP contribution in [-0.2, 0) is 14.6 Å². The molecule has 0 fully saturated rings. The lowest BCUT2D eigenvalue weighted by Crippen LogP contribution is -2.30. The first-order chi connectivity index (χ1) is 17.7. The van der Waals surface area contributed by atoms with Crippen LogP contribution in [0.25, 0.3) is 0 Å². The van der Waals surface area contributed by atoms with E-state index in [1.165, 1.54) is 11.8 Å². The fourth-order valence-electron chi connectivity index (χ4n) is 5.41. The number of ether oxygens (including phenoxy) is 2. The molecular weight excluding hydrogens is 508 g/mol. The van der Waals surface area contributed by atoms with Crippen LogP contribution in [-0.4, -0.2) is 45.2 Å². The summed E-state index contributed by atoms with van der Waals surface area (Å²) in [6, 6.07) is 11.6. The average Bonchev–Trinajstić information content (AvgIpc) is 2.97. The number of carbonyl (C=O) groups is 1. The molecule has 1 atom stereocenters. The van der Waals surface area contributed by atoms with Gasteiger partial charge in [-0.05, 0) is 60.3 Å². The van der Waals surface area contributed by atoms with E-state index in [9.17, 15) is 13.2 Å². The molecule has 2 aromatic carbocycles. The Morgan fingerprint density at radius 2 is 1.76 bits per heavy atom. The number of sulfone groups is 1. The van der Waals surface area contributed by atoms with Crippen LogP contribution >= 0.6 is 11.8 Å². The van der Waals surface area contributed by atoms with Gasteiger partial charge in [-0.25, -0.2) is 8.42 Å². The predicted octanol–water partition coefficient (Wildman–Crippen LogP) is 6.95. The number of unbranched alkanes of at least 4 members (excludes halogenated alkanes) is 2. The van der Waals surface area contributed by atoms with Crippen molar-refractivity contribution in [2.75, 3.05) is 25.7 Å². The van der Waals surface area contributed by atoms with Crippen molar-refractivity contribution in [2.24, 2.45) is 5.41 Å². The van der Waals surface area contributed by atoms with Crippen LogP contribution in [0, 0.1) is 5.41 Å². The minimum atomic E-state index is -3.62. The van der Waals surface area contributed by atoms with E-state index in [-0.39, 0.29) is 30.1 Å². The Balaban J connectivity index is 2.21. The Bertz CT molecular complexity index is 1150. The standard InChI is InChI=1S/C29H40O6S2/c1-5-7-14-29(15-8-6-2)19-24(21-9-11-22(34-3)12-10-21)23-17-26(36-4)25(35-16-13-28(30)31)18-27(23)37(32,33)20-29/h9-12,17-18,24H,5-8,13-16,19-20H2,1-4H3,(H,30,31). The highest BCUT2D eigenvalue weighted by Gasteiger charge is 2.43. The van der Waals surface area contributed by atoms with Crippen LogP contribution in [0.1, 0.15) is 82.3 Å². The molecule has 0 aromatic heterocycles. The van der Waals surface area contributed by atoms with Crippen molar-refractivity contribution < 1.29 is 27.8 Å². The molecule has 8 heteroatoms. The van der Waals surface area contributed by atoms with E-state index in [0.29, 0.717) is 10.6 Å². The van der Waals surface area contributed by atoms with Gasteiger partial charge in [-0.2, -0.15) is 0 Å². The molecule has 1 unspecified atom stereocenters. The second kappa shape index (κ2) is 13.1. The van der Waals surface area contributed by atoms with Gasteiger partial charge >= 0.3 is 5.97 Å². The first-order valence-electron chi connectivity index (χ1n) is 13.1. The van der Waals surface area contributed by atoms with Crippen molar-refractivity contribution in [1.29, 1.82) is 0 Å². The number of rotatable bonds is 13. The van der Waals surface area contributed by atoms with Gasteiger partial charge in [-0.15, -0.1) is 11.8 Å². The third kappa shape index (κ3) is 7.23. The molecule has 0 radical (unpaired) electrons. The normalized spacial score (nSPS) is 18.0. The Hall–Kier alpha value is -2.19. The maximum atomic E-state index is 14.1. The van der Waals surface area contributed by atoms with E-state index < -0.39 is 15.8 Å². The van der Waals surface area contributed by atoms with Gasteiger partial charge in [0, 0.05) is 16.9 Å². The molecule has 0 bridgehead atoms. The van der Waals surface area contributed by atoms with E-state index in [2.05, 4.69) is 13.8 Å². The fourth-order valence-corrected chi connectivity index (χ4v) is 8.19. The van der Waals surface area contributed by atoms with E-state index in [0.717, 1.165) is 66.7 Å². The summed E-state index contributed by atoms with van der Waals surface area (Å²) in [6.07, 6.45) is 8.31. The number of carboxylic acids is 1. The van der Waals surface area contributed by atoms with E-state index >= 15 is 0 Å². The number of benzene rings is 2. The highest BCUT2D eigenvalue weighted by atomic mass is 32.2. The third-order valence-corrected chi connectivity index (χ3v) is 10.1. The van der Waals surface area contributed by atoms with Gasteiger partial charge in [0.25, 0.3) is 0 Å². The third-order valence-electron chi connectivity index (χ3n) is 7.35. The Labute approximate surface area is 226 Å². The molecule has 0 saturated carbocycles. The summed E-state index contributed by atoms with van der Waals surface area (Å²) in [5.74, 6) is 0.266. The molecule has 1 heterocycles. The Morgan fingerprint density at radius 1 is 1.11 bits per heavy atom. The zero-order chi connectivity index (χ0) is 27.1. The van der Waals surface area contributed by atoms with E-state index in [1.807, 2.05) is 36.6 Å². The molecule has 0 aliphatic carbocycles. The SMILES string of the molecule is CCCCC1(CCCC)CC(c2ccc(OC)cc2)c2cc(SC)c(OCCC(=O)O)cc2S(=O)(=O)C1. The second-order valence-electron chi connectivity index (χ2n) is 10.0. The van der Waals surface area contributed by atoms with E-state index in [1.54, 1.807) is 13.2 Å². The summed E-state index contributed by atoms with van der Waals surface area (Å²) in [4.78, 5) is 12.1. The lowest BCUT2D eigenvalue weighted by molar-refractivity contribution is -0.137. The van der Waals surface area contributed by atoms with E-state index in [4.69, 9.17) is 14.6 Å². The molecule has 0 saturated heterocycles. The summed E-state index contributed by atoms with van der Waals surface area (Å²) in [5.41, 5.74) is 1.55. The van der Waals surface area contributed by atoms with Gasteiger partial charge in [0.2, 0.25) is 0 Å². The van der Waals surface area contributed by atoms with Crippen molar-refractivity contribution in [3.05, 3.63) is 47.5 Å². The molecule has 37 heavy (non-hydrogen) atoms. The molecule has 0 amide bonds. The summed E-state index contributed by atoms with van der Waals surface area (Å²) in [5, 5.41) is 9.04. The maximum absolute atomic E-state index is 14.1. The van der Waals surface area contributed by atoms with Crippen LogP contribution < -0.4 is 9.47 Å². The Kier molecular flexibility index (Phi) is 10.4.